The van der Waals surface area contributed by atoms with Gasteiger partial charge in [0.2, 0.25) is 0 Å². The molecule has 0 aliphatic rings. The van der Waals surface area contributed by atoms with Crippen molar-refractivity contribution in [2.45, 2.75) is 13.0 Å². The zero-order valence-electron chi connectivity index (χ0n) is 11.5. The largest absolute Gasteiger partial charge is 0.343 e. The van der Waals surface area contributed by atoms with E-state index in [9.17, 15) is 9.18 Å². The molecule has 7 heteroatoms. The number of nitrogens with one attached hydrogen (secondary N) is 1. The number of hydrogen-bond donors (Lipinski definition) is 1. The van der Waals surface area contributed by atoms with Crippen molar-refractivity contribution >= 4 is 38.9 Å². The summed E-state index contributed by atoms with van der Waals surface area (Å²) in [4.78, 5) is 20.6. The number of rotatable bonds is 3. The lowest BCUT2D eigenvalue weighted by molar-refractivity contribution is 0.0943. The van der Waals surface area contributed by atoms with Gasteiger partial charge in [-0.1, -0.05) is 17.7 Å². The number of benzene rings is 1. The summed E-state index contributed by atoms with van der Waals surface area (Å²) < 4.78 is 14.5. The van der Waals surface area contributed by atoms with Crippen LogP contribution in [0, 0.1) is 5.82 Å². The van der Waals surface area contributed by atoms with E-state index in [1.165, 1.54) is 23.7 Å². The highest BCUT2D eigenvalue weighted by atomic mass is 35.5. The van der Waals surface area contributed by atoms with Crippen LogP contribution in [0.25, 0.3) is 10.1 Å². The van der Waals surface area contributed by atoms with Gasteiger partial charge in [0.25, 0.3) is 5.91 Å². The fourth-order valence-electron chi connectivity index (χ4n) is 2.11. The second-order valence-corrected chi connectivity index (χ2v) is 6.12. The lowest BCUT2D eigenvalue weighted by atomic mass is 10.2. The van der Waals surface area contributed by atoms with Gasteiger partial charge in [0.15, 0.2) is 0 Å². The molecule has 1 N–H and O–H groups in total. The first-order valence-electron chi connectivity index (χ1n) is 6.51. The van der Waals surface area contributed by atoms with Crippen LogP contribution < -0.4 is 5.32 Å². The first-order chi connectivity index (χ1) is 10.6. The summed E-state index contributed by atoms with van der Waals surface area (Å²) in [6.45, 7) is 1.81. The van der Waals surface area contributed by atoms with Crippen LogP contribution >= 0.6 is 22.9 Å². The Balaban J connectivity index is 1.90. The smallest absolute Gasteiger partial charge is 0.263 e. The molecule has 1 aromatic carbocycles. The maximum Gasteiger partial charge on any atom is 0.263 e. The lowest BCUT2D eigenvalue weighted by Gasteiger charge is -2.12. The van der Waals surface area contributed by atoms with E-state index in [0.29, 0.717) is 15.3 Å². The summed E-state index contributed by atoms with van der Waals surface area (Å²) in [6, 6.07) is 6.07. The highest BCUT2D eigenvalue weighted by Gasteiger charge is 2.21. The van der Waals surface area contributed by atoms with Crippen molar-refractivity contribution in [3.8, 4) is 0 Å². The number of hydrogen-bond acceptors (Lipinski definition) is 4. The molecule has 2 aromatic heterocycles. The molecule has 0 unspecified atom stereocenters. The summed E-state index contributed by atoms with van der Waals surface area (Å²) in [6.07, 6.45) is 3.02. The van der Waals surface area contributed by atoms with Gasteiger partial charge >= 0.3 is 0 Å². The highest BCUT2D eigenvalue weighted by Crippen LogP contribution is 2.37. The zero-order valence-corrected chi connectivity index (χ0v) is 13.1. The Labute approximate surface area is 135 Å². The van der Waals surface area contributed by atoms with Gasteiger partial charge in [0, 0.05) is 16.3 Å². The maximum atomic E-state index is 13.8. The molecule has 0 saturated carbocycles. The molecule has 0 bridgehead atoms. The number of nitrogens with zero attached hydrogens (tertiary/aromatic N) is 2. The highest BCUT2D eigenvalue weighted by molar-refractivity contribution is 7.21. The fraction of sp³-hybridized carbons (Fsp3) is 0.133. The number of halogens is 2. The molecule has 0 fully saturated rings. The summed E-state index contributed by atoms with van der Waals surface area (Å²) in [5, 5.41) is 3.24. The Bertz CT molecular complexity index is 837. The van der Waals surface area contributed by atoms with Gasteiger partial charge in [-0.05, 0) is 25.1 Å². The fourth-order valence-corrected chi connectivity index (χ4v) is 3.57. The van der Waals surface area contributed by atoms with Crippen LogP contribution in [0.15, 0.2) is 36.8 Å². The second-order valence-electron chi connectivity index (χ2n) is 4.69. The molecule has 1 amide bonds. The van der Waals surface area contributed by atoms with Crippen molar-refractivity contribution < 1.29 is 9.18 Å². The lowest BCUT2D eigenvalue weighted by Crippen LogP contribution is -2.26. The number of thiophene rings is 1. The predicted octanol–water partition coefficient (Wildman–Crippen LogP) is 3.97. The number of aromatic nitrogens is 2. The van der Waals surface area contributed by atoms with Crippen molar-refractivity contribution in [2.75, 3.05) is 0 Å². The van der Waals surface area contributed by atoms with Gasteiger partial charge in [-0.25, -0.2) is 14.4 Å². The predicted molar refractivity (Wildman–Crippen MR) is 84.7 cm³/mol. The van der Waals surface area contributed by atoms with E-state index in [-0.39, 0.29) is 22.4 Å². The third-order valence-electron chi connectivity index (χ3n) is 3.21. The molecule has 0 spiro atoms. The maximum absolute atomic E-state index is 13.8. The van der Waals surface area contributed by atoms with Gasteiger partial charge in [-0.3, -0.25) is 4.79 Å². The Morgan fingerprint density at radius 1 is 1.41 bits per heavy atom. The standard InChI is InChI=1S/C15H11ClFN3OS/c1-8(10-5-6-18-7-19-10)20-15(21)14-13(16)12-9(17)3-2-4-11(12)22-14/h2-8H,1H3,(H,20,21)/t8-/m0/s1. The topological polar surface area (TPSA) is 54.9 Å². The van der Waals surface area contributed by atoms with Gasteiger partial charge in [0.1, 0.15) is 17.0 Å². The van der Waals surface area contributed by atoms with E-state index in [2.05, 4.69) is 15.3 Å². The minimum absolute atomic E-state index is 0.144. The van der Waals surface area contributed by atoms with Gasteiger partial charge in [0.05, 0.1) is 16.8 Å². The van der Waals surface area contributed by atoms with E-state index in [1.807, 2.05) is 6.92 Å². The summed E-state index contributed by atoms with van der Waals surface area (Å²) in [7, 11) is 0. The average molecular weight is 336 g/mol. The summed E-state index contributed by atoms with van der Waals surface area (Å²) >= 11 is 7.34. The third-order valence-corrected chi connectivity index (χ3v) is 4.85. The quantitative estimate of drug-likeness (QED) is 0.787. The molecular formula is C15H11ClFN3OS. The third kappa shape index (κ3) is 2.67. The van der Waals surface area contributed by atoms with Crippen molar-refractivity contribution in [3.63, 3.8) is 0 Å². The molecule has 3 aromatic rings. The van der Waals surface area contributed by atoms with Crippen molar-refractivity contribution in [1.29, 1.82) is 0 Å². The Morgan fingerprint density at radius 3 is 2.91 bits per heavy atom. The van der Waals surface area contributed by atoms with Crippen LogP contribution in [0.1, 0.15) is 28.3 Å². The van der Waals surface area contributed by atoms with Gasteiger partial charge in [-0.2, -0.15) is 0 Å². The average Bonchev–Trinajstić information content (AvgIpc) is 2.86. The second kappa shape index (κ2) is 5.98. The van der Waals surface area contributed by atoms with Crippen LogP contribution in [-0.4, -0.2) is 15.9 Å². The number of fused-ring (bicyclic) bond motifs is 1. The minimum Gasteiger partial charge on any atom is -0.343 e. The van der Waals surface area contributed by atoms with E-state index in [0.717, 1.165) is 0 Å². The molecule has 112 valence electrons. The van der Waals surface area contributed by atoms with Crippen LogP contribution in [0.5, 0.6) is 0 Å². The molecule has 4 nitrogen and oxygen atoms in total. The molecule has 0 saturated heterocycles. The Kier molecular flexibility index (Phi) is 4.04. The SMILES string of the molecule is C[C@H](NC(=O)c1sc2cccc(F)c2c1Cl)c1ccncn1. The van der Waals surface area contributed by atoms with E-state index >= 15 is 0 Å². The Morgan fingerprint density at radius 2 is 2.23 bits per heavy atom. The van der Waals surface area contributed by atoms with Gasteiger partial charge in [-0.15, -0.1) is 11.3 Å². The van der Waals surface area contributed by atoms with E-state index < -0.39 is 5.82 Å². The normalized spacial score (nSPS) is 12.3. The van der Waals surface area contributed by atoms with Crippen molar-refractivity contribution in [2.24, 2.45) is 0 Å². The van der Waals surface area contributed by atoms with Crippen LogP contribution in [0.4, 0.5) is 4.39 Å². The molecule has 0 radical (unpaired) electrons. The zero-order chi connectivity index (χ0) is 15.7. The number of carbonyl (C=O) groups is 1. The molecule has 0 aliphatic carbocycles. The Hall–Kier alpha value is -2.05. The van der Waals surface area contributed by atoms with E-state index in [1.54, 1.807) is 24.4 Å². The van der Waals surface area contributed by atoms with Crippen molar-refractivity contribution in [3.05, 3.63) is 58.2 Å². The molecule has 0 aliphatic heterocycles. The number of carbonyl (C=O) groups excluding carboxylic acids is 1. The molecule has 1 atom stereocenters. The first-order valence-corrected chi connectivity index (χ1v) is 7.70. The van der Waals surface area contributed by atoms with Crippen LogP contribution in [0.2, 0.25) is 5.02 Å². The molecule has 2 heterocycles. The summed E-state index contributed by atoms with van der Waals surface area (Å²) in [5.41, 5.74) is 0.687. The first kappa shape index (κ1) is 14.9. The monoisotopic (exact) mass is 335 g/mol. The minimum atomic E-state index is -0.429. The molecule has 3 rings (SSSR count). The van der Waals surface area contributed by atoms with E-state index in [4.69, 9.17) is 11.6 Å². The van der Waals surface area contributed by atoms with Crippen LogP contribution in [-0.2, 0) is 0 Å². The van der Waals surface area contributed by atoms with Crippen LogP contribution in [0.3, 0.4) is 0 Å². The molecular weight excluding hydrogens is 325 g/mol. The van der Waals surface area contributed by atoms with Gasteiger partial charge < -0.3 is 5.32 Å². The van der Waals surface area contributed by atoms with Crippen molar-refractivity contribution in [1.82, 2.24) is 15.3 Å². The number of amides is 1. The summed E-state index contributed by atoms with van der Waals surface area (Å²) in [5.74, 6) is -0.779. The molecule has 22 heavy (non-hydrogen) atoms.